The van der Waals surface area contributed by atoms with Crippen LogP contribution in [0.1, 0.15) is 5.82 Å². The maximum atomic E-state index is 12.0. The van der Waals surface area contributed by atoms with Gasteiger partial charge in [-0.3, -0.25) is 0 Å². The quantitative estimate of drug-likeness (QED) is 0.807. The SMILES string of the molecule is Cn1cnnc1CCNS(=O)(=O)c1ccccc1O. The largest absolute Gasteiger partial charge is 0.507 e. The van der Waals surface area contributed by atoms with Gasteiger partial charge < -0.3 is 9.67 Å². The molecule has 2 rings (SSSR count). The fourth-order valence-electron chi connectivity index (χ4n) is 1.59. The first-order valence-corrected chi connectivity index (χ1v) is 7.09. The van der Waals surface area contributed by atoms with E-state index >= 15 is 0 Å². The Hall–Kier alpha value is -1.93. The van der Waals surface area contributed by atoms with E-state index in [2.05, 4.69) is 14.9 Å². The van der Waals surface area contributed by atoms with Crippen LogP contribution in [-0.2, 0) is 23.5 Å². The summed E-state index contributed by atoms with van der Waals surface area (Å²) in [6.07, 6.45) is 1.97. The van der Waals surface area contributed by atoms with Crippen LogP contribution in [0.4, 0.5) is 0 Å². The van der Waals surface area contributed by atoms with E-state index in [4.69, 9.17) is 0 Å². The van der Waals surface area contributed by atoms with Crippen LogP contribution in [0.5, 0.6) is 5.75 Å². The van der Waals surface area contributed by atoms with E-state index in [0.29, 0.717) is 12.2 Å². The number of phenols is 1. The minimum atomic E-state index is -3.71. The van der Waals surface area contributed by atoms with Gasteiger partial charge in [-0.1, -0.05) is 12.1 Å². The third kappa shape index (κ3) is 3.09. The number of aromatic hydroxyl groups is 1. The van der Waals surface area contributed by atoms with Crippen LogP contribution in [0.2, 0.25) is 0 Å². The van der Waals surface area contributed by atoms with Gasteiger partial charge in [0.25, 0.3) is 0 Å². The number of hydrogen-bond acceptors (Lipinski definition) is 5. The molecule has 7 nitrogen and oxygen atoms in total. The number of nitrogens with one attached hydrogen (secondary N) is 1. The molecule has 0 atom stereocenters. The van der Waals surface area contributed by atoms with Crippen molar-refractivity contribution in [3.63, 3.8) is 0 Å². The molecule has 0 aliphatic rings. The molecule has 0 radical (unpaired) electrons. The van der Waals surface area contributed by atoms with E-state index in [1.165, 1.54) is 12.1 Å². The Labute approximate surface area is 111 Å². The Balaban J connectivity index is 2.03. The molecule has 19 heavy (non-hydrogen) atoms. The lowest BCUT2D eigenvalue weighted by molar-refractivity contribution is 0.458. The van der Waals surface area contributed by atoms with Crippen LogP contribution < -0.4 is 4.72 Å². The molecular formula is C11H14N4O3S. The molecule has 0 spiro atoms. The first-order chi connectivity index (χ1) is 9.00. The summed E-state index contributed by atoms with van der Waals surface area (Å²) < 4.78 is 28.0. The Bertz CT molecular complexity index is 666. The first-order valence-electron chi connectivity index (χ1n) is 5.61. The molecule has 2 N–H and O–H groups in total. The predicted octanol–water partition coefficient (Wildman–Crippen LogP) is 0.0417. The zero-order valence-corrected chi connectivity index (χ0v) is 11.1. The van der Waals surface area contributed by atoms with Crippen LogP contribution in [0.15, 0.2) is 35.5 Å². The predicted molar refractivity (Wildman–Crippen MR) is 68.0 cm³/mol. The number of nitrogens with zero attached hydrogens (tertiary/aromatic N) is 3. The number of para-hydroxylation sites is 1. The summed E-state index contributed by atoms with van der Waals surface area (Å²) in [7, 11) is -1.93. The highest BCUT2D eigenvalue weighted by Gasteiger charge is 2.17. The molecule has 0 saturated carbocycles. The third-order valence-electron chi connectivity index (χ3n) is 2.60. The molecule has 102 valence electrons. The summed E-state index contributed by atoms with van der Waals surface area (Å²) in [4.78, 5) is -0.132. The standard InChI is InChI=1S/C11H14N4O3S/c1-15-8-12-14-11(15)6-7-13-19(17,18)10-5-3-2-4-9(10)16/h2-5,8,13,16H,6-7H2,1H3. The van der Waals surface area contributed by atoms with Crippen LogP contribution in [-0.4, -0.2) is 34.8 Å². The normalized spacial score (nSPS) is 11.6. The fraction of sp³-hybridized carbons (Fsp3) is 0.273. The van der Waals surface area contributed by atoms with Gasteiger partial charge in [0.05, 0.1) is 0 Å². The lowest BCUT2D eigenvalue weighted by Crippen LogP contribution is -2.26. The van der Waals surface area contributed by atoms with E-state index < -0.39 is 10.0 Å². The second-order valence-electron chi connectivity index (χ2n) is 3.97. The molecule has 0 aliphatic carbocycles. The molecule has 0 bridgehead atoms. The monoisotopic (exact) mass is 282 g/mol. The lowest BCUT2D eigenvalue weighted by atomic mass is 10.3. The van der Waals surface area contributed by atoms with E-state index in [9.17, 15) is 13.5 Å². The molecule has 0 unspecified atom stereocenters. The first kappa shape index (κ1) is 13.5. The van der Waals surface area contributed by atoms with Gasteiger partial charge in [-0.2, -0.15) is 0 Å². The summed E-state index contributed by atoms with van der Waals surface area (Å²) in [5.74, 6) is 0.411. The highest BCUT2D eigenvalue weighted by Crippen LogP contribution is 2.20. The molecular weight excluding hydrogens is 268 g/mol. The smallest absolute Gasteiger partial charge is 0.244 e. The van der Waals surface area contributed by atoms with Crippen molar-refractivity contribution in [2.45, 2.75) is 11.3 Å². The zero-order chi connectivity index (χ0) is 13.9. The minimum Gasteiger partial charge on any atom is -0.507 e. The third-order valence-corrected chi connectivity index (χ3v) is 4.11. The van der Waals surface area contributed by atoms with Gasteiger partial charge in [0.2, 0.25) is 10.0 Å². The van der Waals surface area contributed by atoms with Gasteiger partial charge in [0.1, 0.15) is 22.8 Å². The van der Waals surface area contributed by atoms with Crippen molar-refractivity contribution >= 4 is 10.0 Å². The lowest BCUT2D eigenvalue weighted by Gasteiger charge is -2.07. The average molecular weight is 282 g/mol. The number of rotatable bonds is 5. The summed E-state index contributed by atoms with van der Waals surface area (Å²) in [6, 6.07) is 5.79. The number of phenolic OH excluding ortho intramolecular Hbond substituents is 1. The Morgan fingerprint density at radius 1 is 1.37 bits per heavy atom. The Morgan fingerprint density at radius 2 is 2.11 bits per heavy atom. The highest BCUT2D eigenvalue weighted by atomic mass is 32.2. The molecule has 0 saturated heterocycles. The number of aryl methyl sites for hydroxylation is 1. The molecule has 0 fully saturated rings. The van der Waals surface area contributed by atoms with Crippen LogP contribution in [0.25, 0.3) is 0 Å². The van der Waals surface area contributed by atoms with Gasteiger partial charge in [-0.25, -0.2) is 13.1 Å². The van der Waals surface area contributed by atoms with Gasteiger partial charge in [-0.15, -0.1) is 10.2 Å². The zero-order valence-electron chi connectivity index (χ0n) is 10.3. The van der Waals surface area contributed by atoms with Crippen LogP contribution >= 0.6 is 0 Å². The van der Waals surface area contributed by atoms with Gasteiger partial charge in [-0.05, 0) is 12.1 Å². The van der Waals surface area contributed by atoms with Crippen molar-refractivity contribution in [3.05, 3.63) is 36.4 Å². The van der Waals surface area contributed by atoms with E-state index in [1.54, 1.807) is 30.1 Å². The summed E-state index contributed by atoms with van der Waals surface area (Å²) in [6.45, 7) is 0.184. The molecule has 0 amide bonds. The fourth-order valence-corrected chi connectivity index (χ4v) is 2.72. The van der Waals surface area contributed by atoms with Crippen molar-refractivity contribution in [2.75, 3.05) is 6.54 Å². The topological polar surface area (TPSA) is 97.1 Å². The van der Waals surface area contributed by atoms with Crippen molar-refractivity contribution in [3.8, 4) is 5.75 Å². The molecule has 8 heteroatoms. The Morgan fingerprint density at radius 3 is 2.74 bits per heavy atom. The minimum absolute atomic E-state index is 0.132. The Kier molecular flexibility index (Phi) is 3.82. The van der Waals surface area contributed by atoms with Crippen molar-refractivity contribution in [1.82, 2.24) is 19.5 Å². The summed E-state index contributed by atoms with van der Waals surface area (Å²) in [5, 5.41) is 17.1. The van der Waals surface area contributed by atoms with Crippen molar-refractivity contribution in [1.29, 1.82) is 0 Å². The average Bonchev–Trinajstić information content (AvgIpc) is 2.75. The maximum Gasteiger partial charge on any atom is 0.244 e. The second-order valence-corrected chi connectivity index (χ2v) is 5.71. The number of benzene rings is 1. The summed E-state index contributed by atoms with van der Waals surface area (Å²) >= 11 is 0. The molecule has 2 aromatic rings. The molecule has 1 aromatic carbocycles. The highest BCUT2D eigenvalue weighted by molar-refractivity contribution is 7.89. The maximum absolute atomic E-state index is 12.0. The van der Waals surface area contributed by atoms with Gasteiger partial charge >= 0.3 is 0 Å². The number of hydrogen-bond donors (Lipinski definition) is 2. The van der Waals surface area contributed by atoms with E-state index in [1.807, 2.05) is 0 Å². The molecule has 1 heterocycles. The van der Waals surface area contributed by atoms with Crippen LogP contribution in [0.3, 0.4) is 0 Å². The molecule has 1 aromatic heterocycles. The van der Waals surface area contributed by atoms with Gasteiger partial charge in [0.15, 0.2) is 0 Å². The van der Waals surface area contributed by atoms with Crippen molar-refractivity contribution < 1.29 is 13.5 Å². The van der Waals surface area contributed by atoms with Gasteiger partial charge in [0, 0.05) is 20.0 Å². The number of aromatic nitrogens is 3. The van der Waals surface area contributed by atoms with Crippen molar-refractivity contribution in [2.24, 2.45) is 7.05 Å². The van der Waals surface area contributed by atoms with E-state index in [0.717, 1.165) is 0 Å². The summed E-state index contributed by atoms with van der Waals surface area (Å²) in [5.41, 5.74) is 0. The molecule has 0 aliphatic heterocycles. The second kappa shape index (κ2) is 5.37. The van der Waals surface area contributed by atoms with E-state index in [-0.39, 0.29) is 17.2 Å². The number of sulfonamides is 1. The van der Waals surface area contributed by atoms with Crippen LogP contribution in [0, 0.1) is 0 Å².